The van der Waals surface area contributed by atoms with E-state index >= 15 is 0 Å². The van der Waals surface area contributed by atoms with Crippen molar-refractivity contribution in [3.05, 3.63) is 102 Å². The second-order valence-electron chi connectivity index (χ2n) is 5.33. The lowest BCUT2D eigenvalue weighted by molar-refractivity contribution is 0.0384. The van der Waals surface area contributed by atoms with Crippen molar-refractivity contribution < 1.29 is 9.53 Å². The number of thioether (sulfide) groups is 1. The molecule has 0 spiro atoms. The van der Waals surface area contributed by atoms with Crippen molar-refractivity contribution >= 4 is 17.7 Å². The van der Waals surface area contributed by atoms with Gasteiger partial charge in [0, 0.05) is 16.0 Å². The van der Waals surface area contributed by atoms with Crippen LogP contribution in [0.25, 0.3) is 0 Å². The van der Waals surface area contributed by atoms with E-state index in [-0.39, 0.29) is 5.97 Å². The average molecular weight is 318 g/mol. The molecule has 3 heteroatoms. The lowest BCUT2D eigenvalue weighted by Gasteiger charge is -2.28. The van der Waals surface area contributed by atoms with Crippen molar-refractivity contribution in [1.29, 1.82) is 0 Å². The Kier molecular flexibility index (Phi) is 3.43. The molecule has 2 nitrogen and oxygen atoms in total. The molecule has 3 aromatic carbocycles. The molecular formula is C20H14O2S. The standard InChI is InChI=1S/C20H14O2S/c21-19-17-13-7-8-14-18(17)20(22-19,15-9-3-1-4-10-15)23-16-11-5-2-6-12-16/h1-14H. The van der Waals surface area contributed by atoms with Crippen molar-refractivity contribution in [2.75, 3.05) is 0 Å². The van der Waals surface area contributed by atoms with E-state index in [0.29, 0.717) is 5.56 Å². The maximum Gasteiger partial charge on any atom is 0.340 e. The van der Waals surface area contributed by atoms with E-state index in [2.05, 4.69) is 0 Å². The molecule has 0 saturated carbocycles. The van der Waals surface area contributed by atoms with E-state index in [1.54, 1.807) is 11.8 Å². The Morgan fingerprint density at radius 2 is 1.35 bits per heavy atom. The fourth-order valence-electron chi connectivity index (χ4n) is 2.85. The molecule has 0 radical (unpaired) electrons. The molecule has 0 N–H and O–H groups in total. The molecule has 1 heterocycles. The van der Waals surface area contributed by atoms with Gasteiger partial charge in [-0.25, -0.2) is 4.79 Å². The van der Waals surface area contributed by atoms with Gasteiger partial charge in [-0.2, -0.15) is 0 Å². The summed E-state index contributed by atoms with van der Waals surface area (Å²) in [5.74, 6) is -0.270. The van der Waals surface area contributed by atoms with Gasteiger partial charge in [0.15, 0.2) is 0 Å². The smallest absolute Gasteiger partial charge is 0.340 e. The number of carbonyl (C=O) groups excluding carboxylic acids is 1. The summed E-state index contributed by atoms with van der Waals surface area (Å²) in [6.45, 7) is 0. The Morgan fingerprint density at radius 3 is 2.09 bits per heavy atom. The molecule has 1 aliphatic rings. The van der Waals surface area contributed by atoms with E-state index in [1.165, 1.54) is 0 Å². The summed E-state index contributed by atoms with van der Waals surface area (Å²) in [5, 5.41) is 0. The van der Waals surface area contributed by atoms with Crippen LogP contribution >= 0.6 is 11.8 Å². The Morgan fingerprint density at radius 1 is 0.739 bits per heavy atom. The van der Waals surface area contributed by atoms with E-state index < -0.39 is 4.93 Å². The summed E-state index contributed by atoms with van der Waals surface area (Å²) in [5.41, 5.74) is 2.51. The fraction of sp³-hybridized carbons (Fsp3) is 0.0500. The Balaban J connectivity index is 1.92. The van der Waals surface area contributed by atoms with Crippen LogP contribution in [-0.2, 0) is 9.67 Å². The van der Waals surface area contributed by atoms with Crippen LogP contribution in [0.5, 0.6) is 0 Å². The summed E-state index contributed by atoms with van der Waals surface area (Å²) >= 11 is 1.56. The highest BCUT2D eigenvalue weighted by molar-refractivity contribution is 8.00. The first kappa shape index (κ1) is 14.1. The molecule has 3 aromatic rings. The minimum Gasteiger partial charge on any atom is -0.435 e. The number of benzene rings is 3. The first-order chi connectivity index (χ1) is 11.3. The van der Waals surface area contributed by atoms with Gasteiger partial charge in [-0.3, -0.25) is 0 Å². The molecule has 0 amide bonds. The topological polar surface area (TPSA) is 26.3 Å². The van der Waals surface area contributed by atoms with Crippen LogP contribution in [0.1, 0.15) is 21.5 Å². The summed E-state index contributed by atoms with van der Waals surface area (Å²) in [6.07, 6.45) is 0. The van der Waals surface area contributed by atoms with Crippen LogP contribution in [0.3, 0.4) is 0 Å². The number of cyclic esters (lactones) is 1. The van der Waals surface area contributed by atoms with Gasteiger partial charge in [-0.15, -0.1) is 0 Å². The van der Waals surface area contributed by atoms with Gasteiger partial charge in [-0.1, -0.05) is 78.5 Å². The first-order valence-corrected chi connectivity index (χ1v) is 8.24. The quantitative estimate of drug-likeness (QED) is 0.646. The van der Waals surface area contributed by atoms with Crippen molar-refractivity contribution in [3.63, 3.8) is 0 Å². The second kappa shape index (κ2) is 5.60. The zero-order chi connectivity index (χ0) is 15.7. The zero-order valence-electron chi connectivity index (χ0n) is 12.3. The molecule has 4 rings (SSSR count). The van der Waals surface area contributed by atoms with Gasteiger partial charge in [0.2, 0.25) is 4.93 Å². The zero-order valence-corrected chi connectivity index (χ0v) is 13.1. The summed E-state index contributed by atoms with van der Waals surface area (Å²) in [6, 6.07) is 27.6. The highest BCUT2D eigenvalue weighted by Gasteiger charge is 2.47. The summed E-state index contributed by atoms with van der Waals surface area (Å²) in [7, 11) is 0. The van der Waals surface area contributed by atoms with Crippen molar-refractivity contribution in [3.8, 4) is 0 Å². The predicted molar refractivity (Wildman–Crippen MR) is 91.4 cm³/mol. The van der Waals surface area contributed by atoms with Crippen LogP contribution in [0.2, 0.25) is 0 Å². The third-order valence-electron chi connectivity index (χ3n) is 3.90. The normalized spacial score (nSPS) is 19.2. The van der Waals surface area contributed by atoms with Gasteiger partial charge in [0.25, 0.3) is 0 Å². The minimum absolute atomic E-state index is 0.270. The molecule has 23 heavy (non-hydrogen) atoms. The molecule has 0 aromatic heterocycles. The van der Waals surface area contributed by atoms with E-state index in [1.807, 2.05) is 84.9 Å². The van der Waals surface area contributed by atoms with Crippen molar-refractivity contribution in [2.45, 2.75) is 9.83 Å². The Labute approximate surface area is 139 Å². The number of hydrogen-bond donors (Lipinski definition) is 0. The largest absolute Gasteiger partial charge is 0.435 e. The average Bonchev–Trinajstić information content (AvgIpc) is 2.90. The molecule has 0 bridgehead atoms. The minimum atomic E-state index is -0.837. The number of hydrogen-bond acceptors (Lipinski definition) is 3. The number of rotatable bonds is 3. The number of fused-ring (bicyclic) bond motifs is 1. The molecule has 1 atom stereocenters. The SMILES string of the molecule is O=C1OC(Sc2ccccc2)(c2ccccc2)c2ccccc21. The van der Waals surface area contributed by atoms with Gasteiger partial charge in [0.1, 0.15) is 0 Å². The maximum atomic E-state index is 12.4. The van der Waals surface area contributed by atoms with Gasteiger partial charge >= 0.3 is 5.97 Å². The van der Waals surface area contributed by atoms with E-state index in [0.717, 1.165) is 16.0 Å². The number of carbonyl (C=O) groups is 1. The molecule has 0 fully saturated rings. The molecule has 112 valence electrons. The predicted octanol–water partition coefficient (Wildman–Crippen LogP) is 4.85. The van der Waals surface area contributed by atoms with Crippen LogP contribution in [0.15, 0.2) is 89.8 Å². The van der Waals surface area contributed by atoms with Crippen molar-refractivity contribution in [2.24, 2.45) is 0 Å². The van der Waals surface area contributed by atoms with E-state index in [9.17, 15) is 4.79 Å². The highest BCUT2D eigenvalue weighted by Crippen LogP contribution is 2.52. The Hall–Kier alpha value is -2.52. The molecule has 0 saturated heterocycles. The van der Waals surface area contributed by atoms with Gasteiger partial charge in [0.05, 0.1) is 5.56 Å². The van der Waals surface area contributed by atoms with Crippen LogP contribution < -0.4 is 0 Å². The fourth-order valence-corrected chi connectivity index (χ4v) is 4.13. The number of esters is 1. The molecule has 0 aliphatic carbocycles. The summed E-state index contributed by atoms with van der Waals surface area (Å²) < 4.78 is 5.93. The summed E-state index contributed by atoms with van der Waals surface area (Å²) in [4.78, 5) is 12.6. The van der Waals surface area contributed by atoms with Crippen LogP contribution in [0.4, 0.5) is 0 Å². The van der Waals surface area contributed by atoms with Gasteiger partial charge < -0.3 is 4.74 Å². The van der Waals surface area contributed by atoms with Crippen LogP contribution in [0, 0.1) is 0 Å². The highest BCUT2D eigenvalue weighted by atomic mass is 32.2. The Bertz CT molecular complexity index is 846. The third-order valence-corrected chi connectivity index (χ3v) is 5.23. The molecule has 1 aliphatic heterocycles. The second-order valence-corrected chi connectivity index (χ2v) is 6.58. The monoisotopic (exact) mass is 318 g/mol. The molecule has 1 unspecified atom stereocenters. The van der Waals surface area contributed by atoms with E-state index in [4.69, 9.17) is 4.74 Å². The van der Waals surface area contributed by atoms with Crippen LogP contribution in [-0.4, -0.2) is 5.97 Å². The third kappa shape index (κ3) is 2.34. The van der Waals surface area contributed by atoms with Crippen molar-refractivity contribution in [1.82, 2.24) is 0 Å². The van der Waals surface area contributed by atoms with Gasteiger partial charge in [-0.05, 0) is 18.2 Å². The lowest BCUT2D eigenvalue weighted by atomic mass is 9.99. The first-order valence-electron chi connectivity index (χ1n) is 7.42. The molecular weight excluding hydrogens is 304 g/mol. The number of ether oxygens (including phenoxy) is 1. The maximum absolute atomic E-state index is 12.4. The lowest BCUT2D eigenvalue weighted by Crippen LogP contribution is -2.23.